The zero-order valence-electron chi connectivity index (χ0n) is 17.3. The van der Waals surface area contributed by atoms with Crippen LogP contribution < -0.4 is 4.74 Å². The fourth-order valence-electron chi connectivity index (χ4n) is 5.61. The quantitative estimate of drug-likeness (QED) is 0.753. The zero-order valence-corrected chi connectivity index (χ0v) is 17.3. The van der Waals surface area contributed by atoms with E-state index in [-0.39, 0.29) is 17.9 Å². The van der Waals surface area contributed by atoms with E-state index in [4.69, 9.17) is 9.47 Å². The first-order chi connectivity index (χ1) is 15.1. The maximum absolute atomic E-state index is 13.5. The zero-order chi connectivity index (χ0) is 21.2. The molecule has 0 radical (unpaired) electrons. The van der Waals surface area contributed by atoms with Crippen molar-refractivity contribution in [3.05, 3.63) is 59.4 Å². The number of benzene rings is 1. The molecule has 0 saturated carbocycles. The summed E-state index contributed by atoms with van der Waals surface area (Å²) in [4.78, 5) is 30.7. The molecule has 0 unspecified atom stereocenters. The molecule has 4 aliphatic heterocycles. The van der Waals surface area contributed by atoms with Crippen LogP contribution in [0.4, 0.5) is 0 Å². The van der Waals surface area contributed by atoms with Crippen LogP contribution in [-0.2, 0) is 33.8 Å². The van der Waals surface area contributed by atoms with Crippen molar-refractivity contribution < 1.29 is 19.1 Å². The molecule has 1 N–H and O–H groups in total. The molecule has 2 fully saturated rings. The third-order valence-electron chi connectivity index (χ3n) is 7.08. The molecule has 160 valence electrons. The monoisotopic (exact) mass is 420 g/mol. The van der Waals surface area contributed by atoms with Gasteiger partial charge in [-0.3, -0.25) is 14.7 Å². The van der Waals surface area contributed by atoms with Crippen molar-refractivity contribution in [1.29, 1.82) is 0 Å². The molecule has 5 heterocycles. The third kappa shape index (κ3) is 2.74. The molecule has 2 saturated heterocycles. The molecule has 2 bridgehead atoms. The molecule has 8 heteroatoms. The fourth-order valence-corrected chi connectivity index (χ4v) is 5.61. The molecule has 4 atom stereocenters. The lowest BCUT2D eigenvalue weighted by Gasteiger charge is -2.32. The van der Waals surface area contributed by atoms with Crippen molar-refractivity contribution in [3.63, 3.8) is 0 Å². The average Bonchev–Trinajstić information content (AvgIpc) is 3.54. The number of amides is 2. The van der Waals surface area contributed by atoms with Crippen molar-refractivity contribution in [3.8, 4) is 5.75 Å². The van der Waals surface area contributed by atoms with Gasteiger partial charge in [-0.25, -0.2) is 0 Å². The number of nitrogens with zero attached hydrogens (tertiary/aromatic N) is 3. The summed E-state index contributed by atoms with van der Waals surface area (Å²) in [5.74, 6) is -0.178. The Bertz CT molecular complexity index is 1090. The van der Waals surface area contributed by atoms with Crippen LogP contribution in [0.25, 0.3) is 0 Å². The number of rotatable bonds is 4. The molecule has 2 amide bonds. The standard InChI is InChI=1S/C23H24N4O4/c1-30-16-4-2-3-14(9-16)11-27-13-23-7-5-18(31-23)19(20(23)22(27)29)21(28)26-8-6-17-15(12-26)10-24-25-17/h2-5,7,9-10,18-20H,6,8,11-13H2,1H3,(H,24,25)/t18-,19+,20-,23-/m0/s1. The first-order valence-corrected chi connectivity index (χ1v) is 10.7. The Balaban J connectivity index is 1.24. The van der Waals surface area contributed by atoms with Crippen LogP contribution >= 0.6 is 0 Å². The molecule has 0 aliphatic carbocycles. The lowest BCUT2D eigenvalue weighted by atomic mass is 9.76. The van der Waals surface area contributed by atoms with Gasteiger partial charge in [0.15, 0.2) is 0 Å². The number of ether oxygens (including phenoxy) is 2. The lowest BCUT2D eigenvalue weighted by molar-refractivity contribution is -0.144. The Kier molecular flexibility index (Phi) is 4.02. The highest BCUT2D eigenvalue weighted by Gasteiger charge is 2.67. The number of H-pyrrole nitrogens is 1. The van der Waals surface area contributed by atoms with Crippen molar-refractivity contribution in [1.82, 2.24) is 20.0 Å². The summed E-state index contributed by atoms with van der Waals surface area (Å²) >= 11 is 0. The van der Waals surface area contributed by atoms with Crippen LogP contribution in [0, 0.1) is 11.8 Å². The molecular formula is C23H24N4O4. The summed E-state index contributed by atoms with van der Waals surface area (Å²) in [6.45, 7) is 2.09. The third-order valence-corrected chi connectivity index (χ3v) is 7.08. The summed E-state index contributed by atoms with van der Waals surface area (Å²) in [5, 5.41) is 7.09. The number of methoxy groups -OCH3 is 1. The Morgan fingerprint density at radius 2 is 2.32 bits per heavy atom. The number of aromatic amines is 1. The van der Waals surface area contributed by atoms with Crippen molar-refractivity contribution in [2.24, 2.45) is 11.8 Å². The maximum atomic E-state index is 13.5. The van der Waals surface area contributed by atoms with Gasteiger partial charge < -0.3 is 19.3 Å². The Morgan fingerprint density at radius 1 is 1.42 bits per heavy atom. The van der Waals surface area contributed by atoms with E-state index in [9.17, 15) is 9.59 Å². The number of carbonyl (C=O) groups excluding carboxylic acids is 2. The van der Waals surface area contributed by atoms with E-state index < -0.39 is 17.4 Å². The van der Waals surface area contributed by atoms with Crippen LogP contribution in [0.1, 0.15) is 16.8 Å². The van der Waals surface area contributed by atoms with E-state index >= 15 is 0 Å². The number of aromatic nitrogens is 2. The molecule has 1 spiro atoms. The number of nitrogens with one attached hydrogen (secondary N) is 1. The predicted octanol–water partition coefficient (Wildman–Crippen LogP) is 1.29. The molecule has 4 aliphatic rings. The van der Waals surface area contributed by atoms with Crippen LogP contribution in [0.3, 0.4) is 0 Å². The van der Waals surface area contributed by atoms with Gasteiger partial charge in [0.25, 0.3) is 0 Å². The number of fused-ring (bicyclic) bond motifs is 2. The fraction of sp³-hybridized carbons (Fsp3) is 0.435. The molecule has 31 heavy (non-hydrogen) atoms. The normalized spacial score (nSPS) is 30.6. The van der Waals surface area contributed by atoms with Gasteiger partial charge in [-0.1, -0.05) is 24.3 Å². The molecular weight excluding hydrogens is 396 g/mol. The molecule has 6 rings (SSSR count). The molecule has 1 aromatic carbocycles. The van der Waals surface area contributed by atoms with Gasteiger partial charge in [-0.15, -0.1) is 0 Å². The smallest absolute Gasteiger partial charge is 0.230 e. The van der Waals surface area contributed by atoms with E-state index in [1.165, 1.54) is 0 Å². The van der Waals surface area contributed by atoms with Gasteiger partial charge in [0, 0.05) is 37.3 Å². The largest absolute Gasteiger partial charge is 0.497 e. The van der Waals surface area contributed by atoms with Crippen LogP contribution in [-0.4, -0.2) is 63.7 Å². The van der Waals surface area contributed by atoms with E-state index in [2.05, 4.69) is 10.2 Å². The number of carbonyl (C=O) groups is 2. The maximum Gasteiger partial charge on any atom is 0.230 e. The van der Waals surface area contributed by atoms with E-state index in [0.29, 0.717) is 26.2 Å². The van der Waals surface area contributed by atoms with Gasteiger partial charge in [0.05, 0.1) is 37.8 Å². The van der Waals surface area contributed by atoms with Crippen LogP contribution in [0.5, 0.6) is 5.75 Å². The van der Waals surface area contributed by atoms with Crippen molar-refractivity contribution in [2.75, 3.05) is 20.2 Å². The molecule has 1 aromatic heterocycles. The summed E-state index contributed by atoms with van der Waals surface area (Å²) in [6, 6.07) is 7.72. The van der Waals surface area contributed by atoms with Crippen molar-refractivity contribution in [2.45, 2.75) is 31.2 Å². The second kappa shape index (κ2) is 6.68. The first-order valence-electron chi connectivity index (χ1n) is 10.7. The minimum atomic E-state index is -0.697. The van der Waals surface area contributed by atoms with Gasteiger partial charge in [0.2, 0.25) is 11.8 Å². The van der Waals surface area contributed by atoms with E-state index in [0.717, 1.165) is 29.0 Å². The first kappa shape index (κ1) is 18.6. The second-order valence-corrected chi connectivity index (χ2v) is 8.83. The van der Waals surface area contributed by atoms with E-state index in [1.807, 2.05) is 46.2 Å². The minimum Gasteiger partial charge on any atom is -0.497 e. The number of likely N-dealkylation sites (tertiary alicyclic amines) is 1. The van der Waals surface area contributed by atoms with Crippen LogP contribution in [0.2, 0.25) is 0 Å². The minimum absolute atomic E-state index is 0.00431. The van der Waals surface area contributed by atoms with Crippen LogP contribution in [0.15, 0.2) is 42.6 Å². The SMILES string of the molecule is COc1cccc(CN2C[C@]34C=C[C@H](O3)[C@@H](C(=O)N3CCc5[nH]ncc5C3)[C@H]4C2=O)c1. The van der Waals surface area contributed by atoms with Crippen molar-refractivity contribution >= 4 is 11.8 Å². The highest BCUT2D eigenvalue weighted by molar-refractivity contribution is 5.93. The summed E-state index contributed by atoms with van der Waals surface area (Å²) in [7, 11) is 1.63. The molecule has 2 aromatic rings. The Hall–Kier alpha value is -3.13. The predicted molar refractivity (Wildman–Crippen MR) is 110 cm³/mol. The summed E-state index contributed by atoms with van der Waals surface area (Å²) < 4.78 is 11.6. The molecule has 8 nitrogen and oxygen atoms in total. The Morgan fingerprint density at radius 3 is 3.19 bits per heavy atom. The van der Waals surface area contributed by atoms with Gasteiger partial charge >= 0.3 is 0 Å². The van der Waals surface area contributed by atoms with Gasteiger partial charge in [-0.05, 0) is 17.7 Å². The lowest BCUT2D eigenvalue weighted by Crippen LogP contribution is -2.47. The van der Waals surface area contributed by atoms with Gasteiger partial charge in [-0.2, -0.15) is 5.10 Å². The highest BCUT2D eigenvalue weighted by atomic mass is 16.5. The average molecular weight is 420 g/mol. The number of hydrogen-bond donors (Lipinski definition) is 1. The summed E-state index contributed by atoms with van der Waals surface area (Å²) in [6.07, 6.45) is 6.17. The van der Waals surface area contributed by atoms with Gasteiger partial charge in [0.1, 0.15) is 11.4 Å². The Labute approximate surface area is 179 Å². The topological polar surface area (TPSA) is 87.8 Å². The summed E-state index contributed by atoms with van der Waals surface area (Å²) in [5.41, 5.74) is 2.43. The van der Waals surface area contributed by atoms with E-state index in [1.54, 1.807) is 13.3 Å². The highest BCUT2D eigenvalue weighted by Crippen LogP contribution is 2.52. The second-order valence-electron chi connectivity index (χ2n) is 8.83. The number of hydrogen-bond acceptors (Lipinski definition) is 5.